The molecular weight excluding hydrogens is 615 g/mol. The smallest absolute Gasteiger partial charge is 1.00 e. The first kappa shape index (κ1) is 32.0. The molecule has 4 aromatic rings. The summed E-state index contributed by atoms with van der Waals surface area (Å²) in [7, 11) is -1.62. The summed E-state index contributed by atoms with van der Waals surface area (Å²) < 4.78 is 6.53. The third-order valence-electron chi connectivity index (χ3n) is 8.40. The van der Waals surface area contributed by atoms with Crippen molar-refractivity contribution in [3.8, 4) is 22.3 Å². The van der Waals surface area contributed by atoms with E-state index in [-0.39, 0.29) is 56.4 Å². The van der Waals surface area contributed by atoms with Crippen LogP contribution in [-0.2, 0) is 48.9 Å². The molecule has 0 radical (unpaired) electrons. The topological polar surface area (TPSA) is 9.23 Å². The molecule has 0 bridgehead atoms. The maximum atomic E-state index is 6.53. The predicted molar refractivity (Wildman–Crippen MR) is 154 cm³/mol. The van der Waals surface area contributed by atoms with Crippen LogP contribution in [0.2, 0.25) is 19.6 Å². The van der Waals surface area contributed by atoms with Crippen molar-refractivity contribution in [1.82, 2.24) is 0 Å². The van der Waals surface area contributed by atoms with Crippen LogP contribution in [0.15, 0.2) is 84.9 Å². The van der Waals surface area contributed by atoms with Crippen molar-refractivity contribution in [2.24, 2.45) is 0 Å². The minimum absolute atomic E-state index is 0. The maximum absolute atomic E-state index is 6.53. The Morgan fingerprint density at radius 1 is 0.641 bits per heavy atom. The van der Waals surface area contributed by atoms with E-state index in [2.05, 4.69) is 111 Å². The molecule has 0 aliphatic heterocycles. The molecule has 0 amide bonds. The van der Waals surface area contributed by atoms with Crippen LogP contribution in [0.5, 0.6) is 0 Å². The van der Waals surface area contributed by atoms with Gasteiger partial charge in [0.2, 0.25) is 0 Å². The van der Waals surface area contributed by atoms with Crippen LogP contribution < -0.4 is 24.8 Å². The Labute approximate surface area is 266 Å². The van der Waals surface area contributed by atoms with Gasteiger partial charge in [0.05, 0.1) is 0 Å². The van der Waals surface area contributed by atoms with Crippen LogP contribution in [0.3, 0.4) is 0 Å². The second kappa shape index (κ2) is 12.6. The fraction of sp³-hybridized carbons (Fsp3) is 0.294. The second-order valence-electron chi connectivity index (χ2n) is 11.5. The average Bonchev–Trinajstić information content (AvgIpc) is 3.45. The predicted octanol–water partition coefficient (Wildman–Crippen LogP) is 2.77. The van der Waals surface area contributed by atoms with Gasteiger partial charge in [0.15, 0.2) is 8.32 Å². The third-order valence-corrected chi connectivity index (χ3v) is 9.47. The van der Waals surface area contributed by atoms with Gasteiger partial charge in [-0.25, -0.2) is 0 Å². The van der Waals surface area contributed by atoms with Gasteiger partial charge in [-0.05, 0) is 101 Å². The Morgan fingerprint density at radius 2 is 1.08 bits per heavy atom. The minimum atomic E-state index is -1.62. The van der Waals surface area contributed by atoms with E-state index in [0.29, 0.717) is 0 Å². The summed E-state index contributed by atoms with van der Waals surface area (Å²) >= 11 is 0. The van der Waals surface area contributed by atoms with Crippen LogP contribution in [0.25, 0.3) is 22.3 Å². The number of hydrogen-bond acceptors (Lipinski definition) is 1. The molecular formula is C34H36Cl2OSiZr. The number of rotatable bonds is 7. The molecule has 2 aliphatic rings. The van der Waals surface area contributed by atoms with Crippen LogP contribution in [0.4, 0.5) is 0 Å². The Morgan fingerprint density at radius 3 is 1.51 bits per heavy atom. The van der Waals surface area contributed by atoms with E-state index in [9.17, 15) is 0 Å². The first-order chi connectivity index (χ1) is 17.4. The van der Waals surface area contributed by atoms with Crippen molar-refractivity contribution in [2.75, 3.05) is 6.61 Å². The quantitative estimate of drug-likeness (QED) is 0.242. The van der Waals surface area contributed by atoms with Crippen molar-refractivity contribution in [3.05, 3.63) is 118 Å². The van der Waals surface area contributed by atoms with Crippen LogP contribution in [0, 0.1) is 0 Å². The van der Waals surface area contributed by atoms with E-state index in [4.69, 9.17) is 4.43 Å². The molecule has 0 unspecified atom stereocenters. The summed E-state index contributed by atoms with van der Waals surface area (Å²) in [6.07, 6.45) is 4.11. The Balaban J connectivity index is 0.00000140. The van der Waals surface area contributed by atoms with Gasteiger partial charge in [-0.2, -0.15) is 0 Å². The van der Waals surface area contributed by atoms with Gasteiger partial charge in [-0.1, -0.05) is 91.9 Å². The molecule has 5 heteroatoms. The first-order valence-electron chi connectivity index (χ1n) is 13.5. The molecule has 0 saturated carbocycles. The van der Waals surface area contributed by atoms with E-state index in [1.807, 2.05) is 0 Å². The molecule has 4 aromatic carbocycles. The van der Waals surface area contributed by atoms with Gasteiger partial charge in [0.25, 0.3) is 0 Å². The van der Waals surface area contributed by atoms with Gasteiger partial charge < -0.3 is 29.2 Å². The normalized spacial score (nSPS) is 12.7. The Bertz CT molecular complexity index is 1360. The van der Waals surface area contributed by atoms with Gasteiger partial charge in [-0.15, -0.1) is 0 Å². The zero-order valence-electron chi connectivity index (χ0n) is 23.3. The van der Waals surface area contributed by atoms with Crippen molar-refractivity contribution in [1.29, 1.82) is 0 Å². The van der Waals surface area contributed by atoms with E-state index >= 15 is 0 Å². The van der Waals surface area contributed by atoms with Gasteiger partial charge in [-0.3, -0.25) is 0 Å². The maximum Gasteiger partial charge on any atom is 2.00 e. The van der Waals surface area contributed by atoms with Gasteiger partial charge in [0, 0.05) is 12.0 Å². The van der Waals surface area contributed by atoms with E-state index < -0.39 is 8.32 Å². The van der Waals surface area contributed by atoms with Crippen molar-refractivity contribution < 1.29 is 55.4 Å². The van der Waals surface area contributed by atoms with Crippen LogP contribution in [0.1, 0.15) is 53.1 Å². The molecule has 0 aromatic heterocycles. The van der Waals surface area contributed by atoms with E-state index in [0.717, 1.165) is 32.3 Å². The molecule has 0 spiro atoms. The summed E-state index contributed by atoms with van der Waals surface area (Å²) in [6.45, 7) is 10.1. The van der Waals surface area contributed by atoms with Crippen molar-refractivity contribution in [2.45, 2.75) is 57.7 Å². The molecule has 0 saturated heterocycles. The fourth-order valence-corrected chi connectivity index (χ4v) is 7.43. The molecule has 1 nitrogen and oxygen atoms in total. The summed E-state index contributed by atoms with van der Waals surface area (Å²) in [5, 5.41) is 0. The zero-order valence-corrected chi connectivity index (χ0v) is 28.3. The summed E-state index contributed by atoms with van der Waals surface area (Å²) in [6, 6.07) is 32.0. The largest absolute Gasteiger partial charge is 2.00 e. The summed E-state index contributed by atoms with van der Waals surface area (Å²) in [5.41, 5.74) is 14.5. The molecule has 39 heavy (non-hydrogen) atoms. The SMILES string of the molecule is CCC(CCO[Si](C)(C)C)(c1cccc2c1Cc1ccccc1-2)c1cccc2c1Cc1ccccc1-2.[Cl-].[Cl-].[Zr+2]. The average molecular weight is 651 g/mol. The zero-order chi connectivity index (χ0) is 24.9. The molecule has 0 fully saturated rings. The standard InChI is InChI=1S/C34H36OSi.2ClH.Zr/c1-5-34(20-21-35-36(2,3)4,32-18-10-16-28-26-14-8-6-12-24(26)22-30(28)32)33-19-11-17-29-27-15-9-7-13-25(27)23-31(29)33;;;/h6-19H,5,20-23H2,1-4H3;2*1H;/q;;;+2/p-2. The summed E-state index contributed by atoms with van der Waals surface area (Å²) in [4.78, 5) is 0. The molecule has 0 atom stereocenters. The van der Waals surface area contributed by atoms with Crippen molar-refractivity contribution >= 4 is 8.32 Å². The van der Waals surface area contributed by atoms with Crippen molar-refractivity contribution in [3.63, 3.8) is 0 Å². The second-order valence-corrected chi connectivity index (χ2v) is 16.0. The number of benzene rings is 4. The van der Waals surface area contributed by atoms with E-state index in [1.165, 1.54) is 55.6 Å². The molecule has 200 valence electrons. The van der Waals surface area contributed by atoms with Gasteiger partial charge in [0.1, 0.15) is 0 Å². The number of halogens is 2. The Hall–Kier alpha value is -1.48. The molecule has 0 N–H and O–H groups in total. The fourth-order valence-electron chi connectivity index (χ4n) is 6.71. The summed E-state index contributed by atoms with van der Waals surface area (Å²) in [5.74, 6) is 0. The number of hydrogen-bond donors (Lipinski definition) is 0. The first-order valence-corrected chi connectivity index (χ1v) is 16.9. The van der Waals surface area contributed by atoms with Crippen LogP contribution >= 0.6 is 0 Å². The molecule has 2 aliphatic carbocycles. The monoisotopic (exact) mass is 648 g/mol. The minimum Gasteiger partial charge on any atom is -1.00 e. The van der Waals surface area contributed by atoms with E-state index in [1.54, 1.807) is 0 Å². The van der Waals surface area contributed by atoms with Gasteiger partial charge >= 0.3 is 26.2 Å². The molecule has 6 rings (SSSR count). The third kappa shape index (κ3) is 5.68. The van der Waals surface area contributed by atoms with Crippen LogP contribution in [-0.4, -0.2) is 14.9 Å². The Kier molecular flexibility index (Phi) is 10.3. The molecule has 0 heterocycles. The number of fused-ring (bicyclic) bond motifs is 6.